The van der Waals surface area contributed by atoms with Gasteiger partial charge in [-0.15, -0.1) is 0 Å². The van der Waals surface area contributed by atoms with E-state index < -0.39 is 34.8 Å². The largest absolute Gasteiger partial charge is 0.444 e. The molecule has 0 fully saturated rings. The fourth-order valence-electron chi connectivity index (χ4n) is 3.08. The average Bonchev–Trinajstić information content (AvgIpc) is 2.66. The van der Waals surface area contributed by atoms with Gasteiger partial charge in [0, 0.05) is 13.0 Å². The van der Waals surface area contributed by atoms with E-state index >= 15 is 0 Å². The average molecular weight is 451 g/mol. The maximum atomic E-state index is 14.4. The van der Waals surface area contributed by atoms with Crippen LogP contribution >= 0.6 is 0 Å². The minimum absolute atomic E-state index is 0.0128. The van der Waals surface area contributed by atoms with Crippen molar-refractivity contribution in [2.75, 3.05) is 6.54 Å². The molecule has 0 radical (unpaired) electrons. The molecule has 0 bridgehead atoms. The number of fused-ring (bicyclic) bond motifs is 1. The maximum absolute atomic E-state index is 14.4. The number of amides is 1. The van der Waals surface area contributed by atoms with E-state index in [1.165, 1.54) is 18.2 Å². The Balaban J connectivity index is 2.06. The summed E-state index contributed by atoms with van der Waals surface area (Å²) in [5.41, 5.74) is -2.59. The molecular formula is C22H21F4N3O3. The summed E-state index contributed by atoms with van der Waals surface area (Å²) in [6, 6.07) is 8.00. The normalized spacial score (nSPS) is 12.1. The first kappa shape index (κ1) is 23.2. The third-order valence-electron chi connectivity index (χ3n) is 4.36. The molecule has 1 N–H and O–H groups in total. The van der Waals surface area contributed by atoms with Crippen molar-refractivity contribution < 1.29 is 27.1 Å². The lowest BCUT2D eigenvalue weighted by molar-refractivity contribution is -0.137. The van der Waals surface area contributed by atoms with Crippen LogP contribution in [0.15, 0.2) is 47.3 Å². The van der Waals surface area contributed by atoms with E-state index in [1.54, 1.807) is 20.8 Å². The number of halogens is 4. The lowest BCUT2D eigenvalue weighted by Crippen LogP contribution is -2.34. The zero-order valence-electron chi connectivity index (χ0n) is 17.6. The molecule has 0 unspecified atom stereocenters. The molecule has 3 aromatic rings. The molecule has 1 amide bonds. The molecule has 6 nitrogen and oxygen atoms in total. The summed E-state index contributed by atoms with van der Waals surface area (Å²) < 4.78 is 60.0. The lowest BCUT2D eigenvalue weighted by Gasteiger charge is -2.20. The maximum Gasteiger partial charge on any atom is 0.416 e. The van der Waals surface area contributed by atoms with Crippen LogP contribution in [0.5, 0.6) is 0 Å². The van der Waals surface area contributed by atoms with Gasteiger partial charge >= 0.3 is 12.3 Å². The first-order chi connectivity index (χ1) is 14.9. The highest BCUT2D eigenvalue weighted by Gasteiger charge is 2.31. The van der Waals surface area contributed by atoms with Gasteiger partial charge in [-0.2, -0.15) is 13.2 Å². The zero-order chi connectivity index (χ0) is 23.7. The summed E-state index contributed by atoms with van der Waals surface area (Å²) in [5, 5.41) is 2.17. The number of rotatable bonds is 4. The Bertz CT molecular complexity index is 1210. The van der Waals surface area contributed by atoms with Crippen LogP contribution in [0.2, 0.25) is 0 Å². The Hall–Kier alpha value is -3.43. The predicted molar refractivity (Wildman–Crippen MR) is 110 cm³/mol. The lowest BCUT2D eigenvalue weighted by atomic mass is 10.1. The second-order valence-electron chi connectivity index (χ2n) is 8.03. The number of carbonyl (C=O) groups excluding carboxylic acids is 1. The van der Waals surface area contributed by atoms with E-state index in [2.05, 4.69) is 10.3 Å². The zero-order valence-corrected chi connectivity index (χ0v) is 17.6. The molecule has 0 atom stereocenters. The minimum atomic E-state index is -4.63. The van der Waals surface area contributed by atoms with Gasteiger partial charge in [-0.1, -0.05) is 12.1 Å². The Morgan fingerprint density at radius 2 is 1.81 bits per heavy atom. The van der Waals surface area contributed by atoms with Crippen LogP contribution in [0, 0.1) is 5.82 Å². The number of alkyl halides is 3. The SMILES string of the molecule is CC(C)(C)OC(=O)NCCc1nc2cccc(F)c2c(=O)n1-c1cccc(C(F)(F)F)c1. The molecule has 32 heavy (non-hydrogen) atoms. The fraction of sp³-hybridized carbons (Fsp3) is 0.318. The van der Waals surface area contributed by atoms with Gasteiger partial charge in [0.25, 0.3) is 5.56 Å². The first-order valence-corrected chi connectivity index (χ1v) is 9.71. The number of hydrogen-bond donors (Lipinski definition) is 1. The Kier molecular flexibility index (Phi) is 6.25. The van der Waals surface area contributed by atoms with Gasteiger partial charge in [0.1, 0.15) is 22.6 Å². The molecule has 170 valence electrons. The molecule has 0 saturated carbocycles. The van der Waals surface area contributed by atoms with E-state index in [4.69, 9.17) is 4.74 Å². The van der Waals surface area contributed by atoms with E-state index in [1.807, 2.05) is 0 Å². The fourth-order valence-corrected chi connectivity index (χ4v) is 3.08. The van der Waals surface area contributed by atoms with Gasteiger partial charge < -0.3 is 10.1 Å². The quantitative estimate of drug-likeness (QED) is 0.588. The van der Waals surface area contributed by atoms with Crippen LogP contribution in [0.3, 0.4) is 0 Å². The molecular weight excluding hydrogens is 430 g/mol. The smallest absolute Gasteiger partial charge is 0.416 e. The monoisotopic (exact) mass is 451 g/mol. The highest BCUT2D eigenvalue weighted by atomic mass is 19.4. The summed E-state index contributed by atoms with van der Waals surface area (Å²) in [4.78, 5) is 29.3. The number of nitrogens with zero attached hydrogens (tertiary/aromatic N) is 2. The summed E-state index contributed by atoms with van der Waals surface area (Å²) in [6.07, 6.45) is -5.35. The van der Waals surface area contributed by atoms with Gasteiger partial charge in [-0.25, -0.2) is 14.2 Å². The molecule has 0 aliphatic heterocycles. The molecule has 2 aromatic carbocycles. The number of hydrogen-bond acceptors (Lipinski definition) is 4. The number of alkyl carbamates (subject to hydrolysis) is 1. The van der Waals surface area contributed by atoms with Crippen LogP contribution in [0.4, 0.5) is 22.4 Å². The third-order valence-corrected chi connectivity index (χ3v) is 4.36. The molecule has 1 heterocycles. The number of carbonyl (C=O) groups is 1. The molecule has 0 aliphatic carbocycles. The summed E-state index contributed by atoms with van der Waals surface area (Å²) in [6.45, 7) is 5.06. The second-order valence-corrected chi connectivity index (χ2v) is 8.03. The third kappa shape index (κ3) is 5.24. The van der Waals surface area contributed by atoms with Gasteiger partial charge in [0.15, 0.2) is 0 Å². The van der Waals surface area contributed by atoms with Gasteiger partial charge in [-0.05, 0) is 51.1 Å². The van der Waals surface area contributed by atoms with Crippen LogP contribution in [0.1, 0.15) is 32.2 Å². The van der Waals surface area contributed by atoms with Crippen molar-refractivity contribution >= 4 is 17.0 Å². The summed E-state index contributed by atoms with van der Waals surface area (Å²) in [5.74, 6) is -0.775. The summed E-state index contributed by atoms with van der Waals surface area (Å²) in [7, 11) is 0. The van der Waals surface area contributed by atoms with Crippen LogP contribution in [-0.4, -0.2) is 27.8 Å². The van der Waals surface area contributed by atoms with Crippen molar-refractivity contribution in [1.29, 1.82) is 0 Å². The number of aromatic nitrogens is 2. The molecule has 0 saturated heterocycles. The van der Waals surface area contributed by atoms with E-state index in [9.17, 15) is 27.2 Å². The van der Waals surface area contributed by atoms with Crippen LogP contribution in [0.25, 0.3) is 16.6 Å². The van der Waals surface area contributed by atoms with E-state index in [0.717, 1.165) is 28.8 Å². The van der Waals surface area contributed by atoms with Gasteiger partial charge in [-0.3, -0.25) is 9.36 Å². The minimum Gasteiger partial charge on any atom is -0.444 e. The van der Waals surface area contributed by atoms with Gasteiger partial charge in [0.05, 0.1) is 16.8 Å². The van der Waals surface area contributed by atoms with Crippen molar-refractivity contribution in [2.24, 2.45) is 0 Å². The van der Waals surface area contributed by atoms with E-state index in [0.29, 0.717) is 0 Å². The summed E-state index contributed by atoms with van der Waals surface area (Å²) >= 11 is 0. The Labute approximate surface area is 180 Å². The second kappa shape index (κ2) is 8.60. The molecule has 3 rings (SSSR count). The Morgan fingerprint density at radius 1 is 1.12 bits per heavy atom. The Morgan fingerprint density at radius 3 is 2.47 bits per heavy atom. The van der Waals surface area contributed by atoms with Crippen molar-refractivity contribution in [2.45, 2.75) is 39.0 Å². The van der Waals surface area contributed by atoms with Crippen molar-refractivity contribution in [3.8, 4) is 5.69 Å². The van der Waals surface area contributed by atoms with Crippen molar-refractivity contribution in [3.05, 3.63) is 70.0 Å². The number of benzene rings is 2. The topological polar surface area (TPSA) is 73.2 Å². The van der Waals surface area contributed by atoms with Gasteiger partial charge in [0.2, 0.25) is 0 Å². The predicted octanol–water partition coefficient (Wildman–Crippen LogP) is 4.61. The molecule has 1 aromatic heterocycles. The molecule has 0 spiro atoms. The molecule has 0 aliphatic rings. The highest BCUT2D eigenvalue weighted by Crippen LogP contribution is 2.30. The van der Waals surface area contributed by atoms with Crippen molar-refractivity contribution in [1.82, 2.24) is 14.9 Å². The van der Waals surface area contributed by atoms with E-state index in [-0.39, 0.29) is 35.4 Å². The van der Waals surface area contributed by atoms with Crippen molar-refractivity contribution in [3.63, 3.8) is 0 Å². The number of nitrogens with one attached hydrogen (secondary N) is 1. The molecule has 10 heteroatoms. The number of ether oxygens (including phenoxy) is 1. The highest BCUT2D eigenvalue weighted by molar-refractivity contribution is 5.78. The van der Waals surface area contributed by atoms with Crippen LogP contribution in [-0.2, 0) is 17.3 Å². The standard InChI is InChI=1S/C22H21F4N3O3/c1-21(2,3)32-20(31)27-11-10-17-28-16-9-5-8-15(23)18(16)19(30)29(17)14-7-4-6-13(12-14)22(24,25)26/h4-9,12H,10-11H2,1-3H3,(H,27,31). The first-order valence-electron chi connectivity index (χ1n) is 9.71. The van der Waals surface area contributed by atoms with Crippen LogP contribution < -0.4 is 10.9 Å².